The Kier molecular flexibility index (Phi) is 6.09. The average molecular weight is 255 g/mol. The van der Waals surface area contributed by atoms with Crippen LogP contribution in [0.15, 0.2) is 18.2 Å². The van der Waals surface area contributed by atoms with E-state index >= 15 is 0 Å². The SMILES string of the molecule is CC(C)COCCOc1cc(F)ccc1C(C)N. The maximum atomic E-state index is 13.1. The van der Waals surface area contributed by atoms with E-state index in [0.29, 0.717) is 31.5 Å². The minimum absolute atomic E-state index is 0.183. The van der Waals surface area contributed by atoms with Gasteiger partial charge < -0.3 is 15.2 Å². The molecule has 1 aromatic rings. The van der Waals surface area contributed by atoms with E-state index in [9.17, 15) is 4.39 Å². The van der Waals surface area contributed by atoms with Gasteiger partial charge in [0.15, 0.2) is 0 Å². The van der Waals surface area contributed by atoms with Crippen LogP contribution in [0, 0.1) is 11.7 Å². The zero-order chi connectivity index (χ0) is 13.5. The predicted octanol–water partition coefficient (Wildman–Crippen LogP) is 2.90. The Bertz CT molecular complexity index is 367. The fourth-order valence-electron chi connectivity index (χ4n) is 1.54. The molecule has 1 rings (SSSR count). The molecule has 0 aromatic heterocycles. The molecule has 0 amide bonds. The van der Waals surface area contributed by atoms with Crippen molar-refractivity contribution in [1.29, 1.82) is 0 Å². The van der Waals surface area contributed by atoms with Gasteiger partial charge in [-0.05, 0) is 18.9 Å². The molecule has 0 aliphatic carbocycles. The van der Waals surface area contributed by atoms with E-state index in [4.69, 9.17) is 15.2 Å². The summed E-state index contributed by atoms with van der Waals surface area (Å²) in [6.07, 6.45) is 0. The number of benzene rings is 1. The summed E-state index contributed by atoms with van der Waals surface area (Å²) in [5.74, 6) is 0.675. The highest BCUT2D eigenvalue weighted by molar-refractivity contribution is 5.36. The van der Waals surface area contributed by atoms with Crippen LogP contribution < -0.4 is 10.5 Å². The molecule has 0 bridgehead atoms. The van der Waals surface area contributed by atoms with Crippen LogP contribution in [0.25, 0.3) is 0 Å². The fraction of sp³-hybridized carbons (Fsp3) is 0.571. The van der Waals surface area contributed by atoms with Crippen molar-refractivity contribution in [3.63, 3.8) is 0 Å². The molecule has 18 heavy (non-hydrogen) atoms. The third kappa shape index (κ3) is 5.02. The molecule has 0 saturated carbocycles. The molecular weight excluding hydrogens is 233 g/mol. The Labute approximate surface area is 108 Å². The largest absolute Gasteiger partial charge is 0.491 e. The molecule has 0 fully saturated rings. The lowest BCUT2D eigenvalue weighted by Crippen LogP contribution is -2.13. The molecule has 0 spiro atoms. The molecule has 0 aliphatic rings. The number of ether oxygens (including phenoxy) is 2. The smallest absolute Gasteiger partial charge is 0.127 e. The van der Waals surface area contributed by atoms with Gasteiger partial charge >= 0.3 is 0 Å². The van der Waals surface area contributed by atoms with E-state index < -0.39 is 0 Å². The van der Waals surface area contributed by atoms with Gasteiger partial charge in [-0.1, -0.05) is 19.9 Å². The lowest BCUT2D eigenvalue weighted by molar-refractivity contribution is 0.0814. The highest BCUT2D eigenvalue weighted by Gasteiger charge is 2.09. The van der Waals surface area contributed by atoms with Crippen LogP contribution in [0.4, 0.5) is 4.39 Å². The molecule has 4 heteroatoms. The Hall–Kier alpha value is -1.13. The monoisotopic (exact) mass is 255 g/mol. The van der Waals surface area contributed by atoms with Crippen molar-refractivity contribution in [2.45, 2.75) is 26.8 Å². The molecule has 1 unspecified atom stereocenters. The summed E-state index contributed by atoms with van der Waals surface area (Å²) >= 11 is 0. The minimum Gasteiger partial charge on any atom is -0.491 e. The number of hydrogen-bond acceptors (Lipinski definition) is 3. The first-order valence-electron chi connectivity index (χ1n) is 6.26. The Morgan fingerprint density at radius 1 is 1.22 bits per heavy atom. The standard InChI is InChI=1S/C14H22FNO2/c1-10(2)9-17-6-7-18-14-8-12(15)4-5-13(14)11(3)16/h4-5,8,10-11H,6-7,9,16H2,1-3H3. The molecular formula is C14H22FNO2. The first kappa shape index (κ1) is 14.9. The van der Waals surface area contributed by atoms with Gasteiger partial charge in [0.1, 0.15) is 18.2 Å². The third-order valence-electron chi connectivity index (χ3n) is 2.40. The summed E-state index contributed by atoms with van der Waals surface area (Å²) in [5, 5.41) is 0. The Morgan fingerprint density at radius 3 is 2.56 bits per heavy atom. The van der Waals surface area contributed by atoms with Crippen LogP contribution in [-0.2, 0) is 4.74 Å². The van der Waals surface area contributed by atoms with E-state index in [-0.39, 0.29) is 11.9 Å². The van der Waals surface area contributed by atoms with Crippen molar-refractivity contribution in [1.82, 2.24) is 0 Å². The minimum atomic E-state index is -0.322. The summed E-state index contributed by atoms with van der Waals surface area (Å²) in [6.45, 7) is 7.61. The van der Waals surface area contributed by atoms with Gasteiger partial charge in [-0.15, -0.1) is 0 Å². The van der Waals surface area contributed by atoms with E-state index in [0.717, 1.165) is 5.56 Å². The van der Waals surface area contributed by atoms with Gasteiger partial charge in [0.25, 0.3) is 0 Å². The molecule has 2 N–H and O–H groups in total. The third-order valence-corrected chi connectivity index (χ3v) is 2.40. The van der Waals surface area contributed by atoms with Gasteiger partial charge in [0.2, 0.25) is 0 Å². The highest BCUT2D eigenvalue weighted by atomic mass is 19.1. The molecule has 0 saturated heterocycles. The first-order valence-corrected chi connectivity index (χ1v) is 6.26. The van der Waals surface area contributed by atoms with Crippen molar-refractivity contribution in [3.8, 4) is 5.75 Å². The zero-order valence-corrected chi connectivity index (χ0v) is 11.3. The van der Waals surface area contributed by atoms with E-state index in [1.165, 1.54) is 12.1 Å². The number of halogens is 1. The van der Waals surface area contributed by atoms with Gasteiger partial charge in [-0.3, -0.25) is 0 Å². The van der Waals surface area contributed by atoms with Crippen molar-refractivity contribution in [2.24, 2.45) is 11.7 Å². The molecule has 0 heterocycles. The van der Waals surface area contributed by atoms with Crippen LogP contribution in [0.2, 0.25) is 0 Å². The number of rotatable bonds is 7. The molecule has 3 nitrogen and oxygen atoms in total. The van der Waals surface area contributed by atoms with Crippen LogP contribution in [0.1, 0.15) is 32.4 Å². The topological polar surface area (TPSA) is 44.5 Å². The lowest BCUT2D eigenvalue weighted by Gasteiger charge is -2.14. The van der Waals surface area contributed by atoms with Crippen molar-refractivity contribution < 1.29 is 13.9 Å². The summed E-state index contributed by atoms with van der Waals surface area (Å²) in [7, 11) is 0. The van der Waals surface area contributed by atoms with Crippen LogP contribution in [0.5, 0.6) is 5.75 Å². The van der Waals surface area contributed by atoms with Crippen molar-refractivity contribution >= 4 is 0 Å². The summed E-state index contributed by atoms with van der Waals surface area (Å²) < 4.78 is 24.1. The summed E-state index contributed by atoms with van der Waals surface area (Å²) in [6, 6.07) is 4.23. The zero-order valence-electron chi connectivity index (χ0n) is 11.3. The summed E-state index contributed by atoms with van der Waals surface area (Å²) in [5.41, 5.74) is 6.61. The highest BCUT2D eigenvalue weighted by Crippen LogP contribution is 2.24. The number of hydrogen-bond donors (Lipinski definition) is 1. The Balaban J connectivity index is 2.48. The predicted molar refractivity (Wildman–Crippen MR) is 70.2 cm³/mol. The molecule has 1 atom stereocenters. The summed E-state index contributed by atoms with van der Waals surface area (Å²) in [4.78, 5) is 0. The van der Waals surface area contributed by atoms with Crippen molar-refractivity contribution in [3.05, 3.63) is 29.6 Å². The molecule has 102 valence electrons. The van der Waals surface area contributed by atoms with Crippen LogP contribution in [0.3, 0.4) is 0 Å². The van der Waals surface area contributed by atoms with Gasteiger partial charge in [-0.25, -0.2) is 4.39 Å². The quantitative estimate of drug-likeness (QED) is 0.762. The second-order valence-electron chi connectivity index (χ2n) is 4.79. The van der Waals surface area contributed by atoms with Gasteiger partial charge in [0, 0.05) is 24.3 Å². The van der Waals surface area contributed by atoms with E-state index in [1.54, 1.807) is 6.07 Å². The average Bonchev–Trinajstić information content (AvgIpc) is 2.27. The maximum absolute atomic E-state index is 13.1. The lowest BCUT2D eigenvalue weighted by atomic mass is 10.1. The van der Waals surface area contributed by atoms with E-state index in [1.807, 2.05) is 6.92 Å². The molecule has 1 aromatic carbocycles. The van der Waals surface area contributed by atoms with Crippen LogP contribution in [-0.4, -0.2) is 19.8 Å². The van der Waals surface area contributed by atoms with Gasteiger partial charge in [-0.2, -0.15) is 0 Å². The first-order chi connectivity index (χ1) is 8.50. The second-order valence-corrected chi connectivity index (χ2v) is 4.79. The Morgan fingerprint density at radius 2 is 1.94 bits per heavy atom. The fourth-order valence-corrected chi connectivity index (χ4v) is 1.54. The van der Waals surface area contributed by atoms with Crippen LogP contribution >= 0.6 is 0 Å². The molecule has 0 aliphatic heterocycles. The second kappa shape index (κ2) is 7.34. The van der Waals surface area contributed by atoms with Gasteiger partial charge in [0.05, 0.1) is 6.61 Å². The normalized spacial score (nSPS) is 12.8. The van der Waals surface area contributed by atoms with Crippen molar-refractivity contribution in [2.75, 3.05) is 19.8 Å². The number of nitrogens with two attached hydrogens (primary N) is 1. The van der Waals surface area contributed by atoms with E-state index in [2.05, 4.69) is 13.8 Å². The molecule has 0 radical (unpaired) electrons. The maximum Gasteiger partial charge on any atom is 0.127 e.